The summed E-state index contributed by atoms with van der Waals surface area (Å²) in [5.41, 5.74) is 2.77. The first kappa shape index (κ1) is 27.8. The number of nitrogens with zero attached hydrogens (tertiary/aromatic N) is 1. The molecule has 0 aromatic heterocycles. The van der Waals surface area contributed by atoms with Gasteiger partial charge in [-0.15, -0.1) is 0 Å². The third-order valence-electron chi connectivity index (χ3n) is 6.47. The van der Waals surface area contributed by atoms with Crippen LogP contribution in [0.25, 0.3) is 0 Å². The van der Waals surface area contributed by atoms with Crippen LogP contribution in [-0.2, 0) is 16.1 Å². The molecule has 2 aromatic rings. The van der Waals surface area contributed by atoms with Gasteiger partial charge in [-0.2, -0.15) is 0 Å². The molecule has 8 heteroatoms. The van der Waals surface area contributed by atoms with Crippen LogP contribution in [0.5, 0.6) is 5.75 Å². The number of rotatable bonds is 9. The van der Waals surface area contributed by atoms with Crippen LogP contribution in [0.1, 0.15) is 62.1 Å². The third-order valence-corrected chi connectivity index (χ3v) is 8.30. The second-order valence-electron chi connectivity index (χ2n) is 9.18. The number of hydrogen-bond donors (Lipinski definition) is 1. The van der Waals surface area contributed by atoms with Crippen LogP contribution in [0.4, 0.5) is 0 Å². The Morgan fingerprint density at radius 1 is 1.11 bits per heavy atom. The molecule has 2 amide bonds. The topological polar surface area (TPSA) is 58.6 Å². The predicted octanol–water partition coefficient (Wildman–Crippen LogP) is 7.01. The molecule has 35 heavy (non-hydrogen) atoms. The number of ether oxygens (including phenoxy) is 1. The van der Waals surface area contributed by atoms with Gasteiger partial charge in [0, 0.05) is 27.1 Å². The highest BCUT2D eigenvalue weighted by molar-refractivity contribution is 9.10. The van der Waals surface area contributed by atoms with Gasteiger partial charge in [0.15, 0.2) is 6.61 Å². The molecule has 0 spiro atoms. The average Bonchev–Trinajstić information content (AvgIpc) is 2.82. The van der Waals surface area contributed by atoms with Gasteiger partial charge in [0.25, 0.3) is 5.91 Å². The fourth-order valence-electron chi connectivity index (χ4n) is 4.51. The first-order valence-electron chi connectivity index (χ1n) is 12.1. The Hall–Kier alpha value is -1.76. The van der Waals surface area contributed by atoms with Crippen LogP contribution in [0.2, 0.25) is 10.0 Å². The summed E-state index contributed by atoms with van der Waals surface area (Å²) in [5.74, 6) is 0.203. The normalized spacial score (nSPS) is 14.9. The standard InChI is InChI=1S/C27H33BrCl2N2O3/c1-4-24(27(34)31-21-8-6-5-7-9-21)32(15-19-10-11-20(29)14-23(19)30)25(33)16-35-22-12-17(2)26(28)18(3)13-22/h10-14,21,24H,4-9,15-16H2,1-3H3,(H,31,34)/t24-/m0/s1. The Morgan fingerprint density at radius 2 is 1.77 bits per heavy atom. The van der Waals surface area contributed by atoms with Gasteiger partial charge in [-0.25, -0.2) is 0 Å². The van der Waals surface area contributed by atoms with Crippen molar-refractivity contribution in [1.29, 1.82) is 0 Å². The minimum Gasteiger partial charge on any atom is -0.484 e. The fraction of sp³-hybridized carbons (Fsp3) is 0.481. The van der Waals surface area contributed by atoms with E-state index in [1.165, 1.54) is 6.42 Å². The first-order valence-corrected chi connectivity index (χ1v) is 13.7. The van der Waals surface area contributed by atoms with Crippen molar-refractivity contribution in [1.82, 2.24) is 10.2 Å². The van der Waals surface area contributed by atoms with Crippen molar-refractivity contribution in [2.24, 2.45) is 0 Å². The van der Waals surface area contributed by atoms with Crippen LogP contribution in [0.3, 0.4) is 0 Å². The van der Waals surface area contributed by atoms with E-state index in [1.54, 1.807) is 23.1 Å². The zero-order chi connectivity index (χ0) is 25.5. The number of amides is 2. The molecule has 0 saturated heterocycles. The van der Waals surface area contributed by atoms with Crippen molar-refractivity contribution in [2.45, 2.75) is 77.9 Å². The molecule has 5 nitrogen and oxygen atoms in total. The number of carbonyl (C=O) groups excluding carboxylic acids is 2. The number of aryl methyl sites for hydroxylation is 2. The summed E-state index contributed by atoms with van der Waals surface area (Å²) in [6.45, 7) is 5.87. The van der Waals surface area contributed by atoms with E-state index in [0.717, 1.165) is 46.8 Å². The lowest BCUT2D eigenvalue weighted by atomic mass is 9.95. The smallest absolute Gasteiger partial charge is 0.261 e. The van der Waals surface area contributed by atoms with E-state index in [1.807, 2.05) is 32.9 Å². The van der Waals surface area contributed by atoms with E-state index >= 15 is 0 Å². The molecule has 1 fully saturated rings. The SMILES string of the molecule is CC[C@@H](C(=O)NC1CCCCC1)N(Cc1ccc(Cl)cc1Cl)C(=O)COc1cc(C)c(Br)c(C)c1. The number of hydrogen-bond acceptors (Lipinski definition) is 3. The fourth-order valence-corrected chi connectivity index (χ4v) is 5.21. The Kier molecular flexibility index (Phi) is 10.3. The number of nitrogens with one attached hydrogen (secondary N) is 1. The zero-order valence-corrected chi connectivity index (χ0v) is 23.6. The van der Waals surface area contributed by atoms with Crippen molar-refractivity contribution in [3.05, 3.63) is 61.5 Å². The van der Waals surface area contributed by atoms with Gasteiger partial charge in [0.2, 0.25) is 5.91 Å². The number of carbonyl (C=O) groups is 2. The molecule has 1 aliphatic carbocycles. The molecule has 0 radical (unpaired) electrons. The minimum absolute atomic E-state index is 0.131. The van der Waals surface area contributed by atoms with Crippen molar-refractivity contribution in [3.8, 4) is 5.75 Å². The highest BCUT2D eigenvalue weighted by Gasteiger charge is 2.31. The Balaban J connectivity index is 1.81. The van der Waals surface area contributed by atoms with Gasteiger partial charge in [0.1, 0.15) is 11.8 Å². The molecule has 3 rings (SSSR count). The highest BCUT2D eigenvalue weighted by atomic mass is 79.9. The van der Waals surface area contributed by atoms with E-state index in [2.05, 4.69) is 21.2 Å². The lowest BCUT2D eigenvalue weighted by Crippen LogP contribution is -2.52. The van der Waals surface area contributed by atoms with Gasteiger partial charge in [-0.3, -0.25) is 9.59 Å². The third kappa shape index (κ3) is 7.61. The quantitative estimate of drug-likeness (QED) is 0.345. The van der Waals surface area contributed by atoms with Gasteiger partial charge >= 0.3 is 0 Å². The van der Waals surface area contributed by atoms with Gasteiger partial charge in [0.05, 0.1) is 0 Å². The Bertz CT molecular complexity index is 1030. The van der Waals surface area contributed by atoms with Crippen molar-refractivity contribution >= 4 is 50.9 Å². The van der Waals surface area contributed by atoms with E-state index in [-0.39, 0.29) is 31.0 Å². The van der Waals surface area contributed by atoms with E-state index in [9.17, 15) is 9.59 Å². The van der Waals surface area contributed by atoms with Gasteiger partial charge < -0.3 is 15.0 Å². The average molecular weight is 584 g/mol. The van der Waals surface area contributed by atoms with Crippen LogP contribution in [-0.4, -0.2) is 35.4 Å². The van der Waals surface area contributed by atoms with E-state index < -0.39 is 6.04 Å². The maximum atomic E-state index is 13.5. The van der Waals surface area contributed by atoms with Crippen molar-refractivity contribution in [3.63, 3.8) is 0 Å². The molecule has 190 valence electrons. The first-order chi connectivity index (χ1) is 16.7. The van der Waals surface area contributed by atoms with Crippen LogP contribution in [0, 0.1) is 13.8 Å². The summed E-state index contributed by atoms with van der Waals surface area (Å²) < 4.78 is 6.89. The number of halogens is 3. The van der Waals surface area contributed by atoms with Crippen LogP contribution >= 0.6 is 39.1 Å². The lowest BCUT2D eigenvalue weighted by molar-refractivity contribution is -0.143. The van der Waals surface area contributed by atoms with Crippen LogP contribution < -0.4 is 10.1 Å². The highest BCUT2D eigenvalue weighted by Crippen LogP contribution is 2.27. The van der Waals surface area contributed by atoms with Gasteiger partial charge in [-0.05, 0) is 74.1 Å². The molecule has 0 aliphatic heterocycles. The summed E-state index contributed by atoms with van der Waals surface area (Å²) in [5, 5.41) is 4.15. The molecule has 0 bridgehead atoms. The lowest BCUT2D eigenvalue weighted by Gasteiger charge is -2.33. The molecule has 1 saturated carbocycles. The Morgan fingerprint density at radius 3 is 2.37 bits per heavy atom. The molecule has 1 N–H and O–H groups in total. The second kappa shape index (κ2) is 13.0. The van der Waals surface area contributed by atoms with Crippen LogP contribution in [0.15, 0.2) is 34.8 Å². The zero-order valence-electron chi connectivity index (χ0n) is 20.5. The minimum atomic E-state index is -0.631. The number of benzene rings is 2. The molecule has 1 atom stereocenters. The molecule has 2 aromatic carbocycles. The summed E-state index contributed by atoms with van der Waals surface area (Å²) >= 11 is 16.0. The maximum Gasteiger partial charge on any atom is 0.261 e. The molecule has 0 heterocycles. The van der Waals surface area contributed by atoms with Crippen molar-refractivity contribution in [2.75, 3.05) is 6.61 Å². The van der Waals surface area contributed by atoms with Gasteiger partial charge in [-0.1, -0.05) is 71.4 Å². The largest absolute Gasteiger partial charge is 0.484 e. The maximum absolute atomic E-state index is 13.5. The van der Waals surface area contributed by atoms with E-state index in [0.29, 0.717) is 22.2 Å². The Labute approximate surface area is 226 Å². The second-order valence-corrected chi connectivity index (χ2v) is 10.8. The molecule has 0 unspecified atom stereocenters. The van der Waals surface area contributed by atoms with Crippen molar-refractivity contribution < 1.29 is 14.3 Å². The summed E-state index contributed by atoms with van der Waals surface area (Å²) in [6.07, 6.45) is 5.87. The molecular weight excluding hydrogens is 551 g/mol. The monoisotopic (exact) mass is 582 g/mol. The molecular formula is C27H33BrCl2N2O3. The molecule has 1 aliphatic rings. The summed E-state index contributed by atoms with van der Waals surface area (Å²) in [6, 6.07) is 8.47. The summed E-state index contributed by atoms with van der Waals surface area (Å²) in [7, 11) is 0. The van der Waals surface area contributed by atoms with E-state index in [4.69, 9.17) is 27.9 Å². The summed E-state index contributed by atoms with van der Waals surface area (Å²) in [4.78, 5) is 28.4. The predicted molar refractivity (Wildman–Crippen MR) is 145 cm³/mol.